The van der Waals surface area contributed by atoms with Crippen LogP contribution in [0.1, 0.15) is 32.6 Å². The van der Waals surface area contributed by atoms with Gasteiger partial charge in [-0.1, -0.05) is 0 Å². The number of amides is 1. The molecule has 2 N–H and O–H groups in total. The number of alkyl halides is 3. The predicted octanol–water partition coefficient (Wildman–Crippen LogP) is 3.93. The Kier molecular flexibility index (Phi) is 6.72. The number of aromatic hydroxyl groups is 1. The van der Waals surface area contributed by atoms with Gasteiger partial charge in [-0.3, -0.25) is 4.79 Å². The van der Waals surface area contributed by atoms with Crippen molar-refractivity contribution in [1.29, 1.82) is 0 Å². The minimum absolute atomic E-state index is 0.0136. The van der Waals surface area contributed by atoms with Crippen LogP contribution in [0, 0.1) is 13.8 Å². The van der Waals surface area contributed by atoms with Gasteiger partial charge in [0.05, 0.1) is 5.56 Å². The molecule has 0 bridgehead atoms. The fourth-order valence-corrected chi connectivity index (χ4v) is 3.09. The lowest BCUT2D eigenvalue weighted by molar-refractivity contribution is -0.137. The largest absolute Gasteiger partial charge is 0.508 e. The third-order valence-corrected chi connectivity index (χ3v) is 4.82. The maximum absolute atomic E-state index is 12.6. The van der Waals surface area contributed by atoms with Crippen LogP contribution in [-0.2, 0) is 12.6 Å². The molecule has 2 aromatic carbocycles. The fraction of sp³-hybridized carbons (Fsp3) is 0.381. The molecule has 2 rings (SSSR count). The maximum atomic E-state index is 12.6. The molecule has 0 aliphatic rings. The van der Waals surface area contributed by atoms with Gasteiger partial charge in [0.2, 0.25) is 0 Å². The molecule has 0 heterocycles. The van der Waals surface area contributed by atoms with Crippen molar-refractivity contribution in [3.05, 3.63) is 64.2 Å². The number of carbonyl (C=O) groups excluding carboxylic acids is 1. The van der Waals surface area contributed by atoms with Gasteiger partial charge in [-0.2, -0.15) is 13.2 Å². The number of phenolic OH excluding ortho intramolecular Hbond substituents is 1. The van der Waals surface area contributed by atoms with Gasteiger partial charge in [0.15, 0.2) is 0 Å². The molecule has 1 unspecified atom stereocenters. The molecule has 7 heteroatoms. The summed E-state index contributed by atoms with van der Waals surface area (Å²) >= 11 is 0. The van der Waals surface area contributed by atoms with Gasteiger partial charge in [0, 0.05) is 18.2 Å². The van der Waals surface area contributed by atoms with E-state index in [-0.39, 0.29) is 17.4 Å². The summed E-state index contributed by atoms with van der Waals surface area (Å²) in [7, 11) is 3.81. The lowest BCUT2D eigenvalue weighted by Crippen LogP contribution is -2.41. The molecule has 1 atom stereocenters. The Morgan fingerprint density at radius 2 is 1.64 bits per heavy atom. The van der Waals surface area contributed by atoms with Crippen molar-refractivity contribution in [3.8, 4) is 5.75 Å². The highest BCUT2D eigenvalue weighted by Crippen LogP contribution is 2.29. The average Bonchev–Trinajstić information content (AvgIpc) is 2.59. The summed E-state index contributed by atoms with van der Waals surface area (Å²) in [5.74, 6) is -0.199. The van der Waals surface area contributed by atoms with E-state index in [0.717, 1.165) is 28.8 Å². The summed E-state index contributed by atoms with van der Waals surface area (Å²) in [5.41, 5.74) is 2.44. The van der Waals surface area contributed by atoms with E-state index >= 15 is 0 Å². The molecule has 0 aromatic heterocycles. The maximum Gasteiger partial charge on any atom is 0.416 e. The first-order chi connectivity index (χ1) is 13.0. The van der Waals surface area contributed by atoms with Crippen LogP contribution in [0.3, 0.4) is 0 Å². The van der Waals surface area contributed by atoms with Gasteiger partial charge >= 0.3 is 6.18 Å². The van der Waals surface area contributed by atoms with Gasteiger partial charge in [-0.25, -0.2) is 0 Å². The molecule has 28 heavy (non-hydrogen) atoms. The number of rotatable bonds is 6. The number of carbonyl (C=O) groups is 1. The van der Waals surface area contributed by atoms with Gasteiger partial charge in [-0.15, -0.1) is 0 Å². The summed E-state index contributed by atoms with van der Waals surface area (Å²) in [6.07, 6.45) is -3.76. The Hall–Kier alpha value is -2.54. The molecule has 0 fully saturated rings. The fourth-order valence-electron chi connectivity index (χ4n) is 3.09. The van der Waals surface area contributed by atoms with Crippen LogP contribution in [0.4, 0.5) is 13.2 Å². The summed E-state index contributed by atoms with van der Waals surface area (Å²) in [6.45, 7) is 4.19. The minimum atomic E-state index is -4.43. The van der Waals surface area contributed by atoms with E-state index in [2.05, 4.69) is 5.32 Å². The number of likely N-dealkylation sites (N-methyl/N-ethyl adjacent to an activating group) is 1. The highest BCUT2D eigenvalue weighted by molar-refractivity contribution is 5.94. The van der Waals surface area contributed by atoms with E-state index in [9.17, 15) is 23.1 Å². The molecular weight excluding hydrogens is 369 g/mol. The summed E-state index contributed by atoms with van der Waals surface area (Å²) < 4.78 is 37.9. The van der Waals surface area contributed by atoms with Crippen molar-refractivity contribution in [2.45, 2.75) is 32.5 Å². The number of benzene rings is 2. The third-order valence-electron chi connectivity index (χ3n) is 4.82. The van der Waals surface area contributed by atoms with Crippen LogP contribution in [0.15, 0.2) is 36.4 Å². The van der Waals surface area contributed by atoms with E-state index in [1.807, 2.05) is 32.8 Å². The van der Waals surface area contributed by atoms with Crippen LogP contribution in [-0.4, -0.2) is 42.6 Å². The molecule has 0 aliphatic carbocycles. The quantitative estimate of drug-likeness (QED) is 0.781. The zero-order chi connectivity index (χ0) is 21.1. The molecule has 0 aliphatic heterocycles. The lowest BCUT2D eigenvalue weighted by atomic mass is 9.95. The number of hydrogen-bond acceptors (Lipinski definition) is 3. The smallest absolute Gasteiger partial charge is 0.416 e. The number of halogens is 3. The van der Waals surface area contributed by atoms with Crippen molar-refractivity contribution in [2.24, 2.45) is 0 Å². The highest BCUT2D eigenvalue weighted by Gasteiger charge is 2.30. The van der Waals surface area contributed by atoms with Gasteiger partial charge in [-0.05, 0) is 87.5 Å². The van der Waals surface area contributed by atoms with E-state index in [0.29, 0.717) is 13.0 Å². The lowest BCUT2D eigenvalue weighted by Gasteiger charge is -2.26. The second-order valence-electron chi connectivity index (χ2n) is 7.16. The van der Waals surface area contributed by atoms with Crippen LogP contribution in [0.5, 0.6) is 5.75 Å². The topological polar surface area (TPSA) is 52.6 Å². The van der Waals surface area contributed by atoms with Crippen molar-refractivity contribution in [2.75, 3.05) is 20.6 Å². The zero-order valence-electron chi connectivity index (χ0n) is 16.4. The zero-order valence-corrected chi connectivity index (χ0v) is 16.4. The van der Waals surface area contributed by atoms with Crippen LogP contribution >= 0.6 is 0 Å². The number of phenols is 1. The Labute approximate surface area is 163 Å². The highest BCUT2D eigenvalue weighted by atomic mass is 19.4. The number of nitrogens with one attached hydrogen (secondary N) is 1. The second-order valence-corrected chi connectivity index (χ2v) is 7.16. The molecule has 152 valence electrons. The van der Waals surface area contributed by atoms with Crippen molar-refractivity contribution < 1.29 is 23.1 Å². The first-order valence-electron chi connectivity index (χ1n) is 8.90. The normalized spacial score (nSPS) is 12.9. The van der Waals surface area contributed by atoms with Crippen LogP contribution < -0.4 is 5.32 Å². The first-order valence-corrected chi connectivity index (χ1v) is 8.90. The number of hydrogen-bond donors (Lipinski definition) is 2. The Morgan fingerprint density at radius 3 is 2.11 bits per heavy atom. The minimum Gasteiger partial charge on any atom is -0.508 e. The Balaban J connectivity index is 2.06. The molecule has 1 amide bonds. The predicted molar refractivity (Wildman–Crippen MR) is 103 cm³/mol. The second kappa shape index (κ2) is 8.65. The summed E-state index contributed by atoms with van der Waals surface area (Å²) in [5, 5.41) is 12.5. The first kappa shape index (κ1) is 21.8. The van der Waals surface area contributed by atoms with Crippen molar-refractivity contribution >= 4 is 5.91 Å². The van der Waals surface area contributed by atoms with E-state index in [1.54, 1.807) is 12.1 Å². The molecule has 0 spiro atoms. The Bertz CT molecular complexity index is 808. The molecule has 0 saturated carbocycles. The van der Waals surface area contributed by atoms with Crippen LogP contribution in [0.25, 0.3) is 0 Å². The van der Waals surface area contributed by atoms with Gasteiger partial charge in [0.25, 0.3) is 5.91 Å². The molecule has 0 radical (unpaired) electrons. The standard InChI is InChI=1S/C21H25F3N2O2/c1-13-9-18(27)10-14(2)19(13)11-17(26(3)4)12-25-20(28)15-5-7-16(8-6-15)21(22,23)24/h5-10,17,27H,11-12H2,1-4H3,(H,25,28). The van der Waals surface area contributed by atoms with E-state index < -0.39 is 17.6 Å². The number of aryl methyl sites for hydroxylation is 2. The molecule has 2 aromatic rings. The third kappa shape index (κ3) is 5.48. The van der Waals surface area contributed by atoms with E-state index in [1.165, 1.54) is 12.1 Å². The van der Waals surface area contributed by atoms with Gasteiger partial charge < -0.3 is 15.3 Å². The van der Waals surface area contributed by atoms with Crippen LogP contribution in [0.2, 0.25) is 0 Å². The van der Waals surface area contributed by atoms with E-state index in [4.69, 9.17) is 0 Å². The number of nitrogens with zero attached hydrogens (tertiary/aromatic N) is 1. The van der Waals surface area contributed by atoms with Gasteiger partial charge in [0.1, 0.15) is 5.75 Å². The molecular formula is C21H25F3N2O2. The molecule has 0 saturated heterocycles. The summed E-state index contributed by atoms with van der Waals surface area (Å²) in [4.78, 5) is 14.3. The monoisotopic (exact) mass is 394 g/mol. The average molecular weight is 394 g/mol. The Morgan fingerprint density at radius 1 is 1.11 bits per heavy atom. The SMILES string of the molecule is Cc1cc(O)cc(C)c1CC(CNC(=O)c1ccc(C(F)(F)F)cc1)N(C)C. The van der Waals surface area contributed by atoms with Crippen molar-refractivity contribution in [3.63, 3.8) is 0 Å². The van der Waals surface area contributed by atoms with Crippen molar-refractivity contribution in [1.82, 2.24) is 10.2 Å². The summed E-state index contributed by atoms with van der Waals surface area (Å²) in [6, 6.07) is 7.56. The molecule has 4 nitrogen and oxygen atoms in total.